The van der Waals surface area contributed by atoms with Crippen LogP contribution in [-0.4, -0.2) is 96.7 Å². The third-order valence-electron chi connectivity index (χ3n) is 21.7. The second-order valence-corrected chi connectivity index (χ2v) is 36.9. The summed E-state index contributed by atoms with van der Waals surface area (Å²) in [6.07, 6.45) is 77.8. The van der Waals surface area contributed by atoms with Crippen molar-refractivity contribution >= 4 is 39.5 Å². The summed E-state index contributed by atoms with van der Waals surface area (Å²) in [4.78, 5) is 73.5. The van der Waals surface area contributed by atoms with Gasteiger partial charge in [-0.3, -0.25) is 37.3 Å². The molecule has 0 saturated carbocycles. The van der Waals surface area contributed by atoms with Crippen molar-refractivity contribution in [1.82, 2.24) is 0 Å². The lowest BCUT2D eigenvalue weighted by atomic mass is 10.0. The molecule has 0 bridgehead atoms. The molecule has 0 aliphatic rings. The van der Waals surface area contributed by atoms with Gasteiger partial charge in [0.25, 0.3) is 0 Å². The van der Waals surface area contributed by atoms with Crippen molar-refractivity contribution < 1.29 is 80.2 Å². The number of phosphoric acid groups is 2. The van der Waals surface area contributed by atoms with Crippen LogP contribution in [0.5, 0.6) is 0 Å². The highest BCUT2D eigenvalue weighted by molar-refractivity contribution is 7.47. The van der Waals surface area contributed by atoms with Crippen LogP contribution in [0.1, 0.15) is 497 Å². The summed E-state index contributed by atoms with van der Waals surface area (Å²) < 4.78 is 69.1. The van der Waals surface area contributed by atoms with Crippen molar-refractivity contribution in [3.63, 3.8) is 0 Å². The average Bonchev–Trinajstić information content (AvgIpc) is 0.899. The van der Waals surface area contributed by atoms with E-state index in [-0.39, 0.29) is 25.7 Å². The second kappa shape index (κ2) is 83.1. The monoisotopic (exact) mass is 1620 g/mol. The molecule has 0 radical (unpaired) electrons. The zero-order valence-electron chi connectivity index (χ0n) is 73.3. The van der Waals surface area contributed by atoms with Crippen LogP contribution < -0.4 is 0 Å². The van der Waals surface area contributed by atoms with Crippen molar-refractivity contribution in [2.45, 2.75) is 516 Å². The molecule has 19 heteroatoms. The van der Waals surface area contributed by atoms with E-state index >= 15 is 0 Å². The highest BCUT2D eigenvalue weighted by Crippen LogP contribution is 2.45. The van der Waals surface area contributed by atoms with Gasteiger partial charge in [0.1, 0.15) is 19.3 Å². The second-order valence-electron chi connectivity index (χ2n) is 34.0. The van der Waals surface area contributed by atoms with Crippen LogP contribution >= 0.6 is 15.6 Å². The van der Waals surface area contributed by atoms with Gasteiger partial charge in [0.05, 0.1) is 26.4 Å². The first-order valence-corrected chi connectivity index (χ1v) is 50.5. The molecule has 660 valence electrons. The fourth-order valence-electron chi connectivity index (χ4n) is 14.5. The average molecular weight is 1620 g/mol. The van der Waals surface area contributed by atoms with E-state index in [1.54, 1.807) is 0 Å². The number of hydrogen-bond donors (Lipinski definition) is 3. The van der Waals surface area contributed by atoms with Gasteiger partial charge in [0.15, 0.2) is 12.2 Å². The molecule has 0 aromatic carbocycles. The van der Waals surface area contributed by atoms with Crippen molar-refractivity contribution in [3.8, 4) is 0 Å². The number of rotatable bonds is 91. The number of phosphoric ester groups is 2. The number of esters is 4. The van der Waals surface area contributed by atoms with Crippen LogP contribution in [0.4, 0.5) is 0 Å². The number of aliphatic hydroxyl groups excluding tert-OH is 1. The van der Waals surface area contributed by atoms with Gasteiger partial charge in [-0.25, -0.2) is 9.13 Å². The Morgan fingerprint density at radius 3 is 0.613 bits per heavy atom. The predicted molar refractivity (Wildman–Crippen MR) is 460 cm³/mol. The molecule has 111 heavy (non-hydrogen) atoms. The standard InChI is InChI=1S/C92H180O17P2/c1-7-9-11-13-15-17-19-21-22-23-24-25-29-32-39-45-51-57-63-69-75-90(95)103-81-88(108-91(96)76-70-64-58-52-46-40-33-30-27-26-28-31-37-42-48-54-60-66-72-84(3)4)83-107-111(100,101)105-79-86(93)78-104-110(98,99)106-82-87(80-102-89(94)74-68-62-56-50-44-36-20-18-16-14-12-10-8-2)109-92(97)77-71-65-59-53-47-41-35-34-38-43-49-55-61-67-73-85(5)6/h84-88,93H,7-83H2,1-6H3,(H,98,99)(H,100,101)/t86-,87+,88+/m0/s1. The molecule has 0 aromatic heterocycles. The van der Waals surface area contributed by atoms with Crippen LogP contribution in [0.25, 0.3) is 0 Å². The molecule has 3 N–H and O–H groups in total. The maximum Gasteiger partial charge on any atom is 0.472 e. The Balaban J connectivity index is 5.26. The predicted octanol–water partition coefficient (Wildman–Crippen LogP) is 28.6. The Morgan fingerprint density at radius 1 is 0.243 bits per heavy atom. The minimum Gasteiger partial charge on any atom is -0.462 e. The third-order valence-corrected chi connectivity index (χ3v) is 23.6. The third kappa shape index (κ3) is 85.8. The van der Waals surface area contributed by atoms with Gasteiger partial charge in [-0.05, 0) is 37.5 Å². The molecule has 0 rings (SSSR count). The van der Waals surface area contributed by atoms with Gasteiger partial charge in [-0.2, -0.15) is 0 Å². The zero-order chi connectivity index (χ0) is 81.3. The van der Waals surface area contributed by atoms with Crippen LogP contribution in [-0.2, 0) is 65.4 Å². The molecule has 0 fully saturated rings. The van der Waals surface area contributed by atoms with Crippen LogP contribution in [0.15, 0.2) is 0 Å². The molecule has 17 nitrogen and oxygen atoms in total. The van der Waals surface area contributed by atoms with Crippen molar-refractivity contribution in [2.75, 3.05) is 39.6 Å². The highest BCUT2D eigenvalue weighted by atomic mass is 31.2. The van der Waals surface area contributed by atoms with Crippen LogP contribution in [0, 0.1) is 11.8 Å². The fraction of sp³-hybridized carbons (Fsp3) is 0.957. The SMILES string of the molecule is CCCCCCCCCCCCCCCCCCCCCCC(=O)OC[C@H](COP(=O)(O)OC[C@@H](O)COP(=O)(O)OC[C@@H](COC(=O)CCCCCCCCCCCCCCC)OC(=O)CCCCCCCCCCCCCCCCC(C)C)OC(=O)CCCCCCCCCCCCCCCCCCCCC(C)C. The molecule has 0 amide bonds. The molecule has 2 unspecified atom stereocenters. The Kier molecular flexibility index (Phi) is 81.7. The lowest BCUT2D eigenvalue weighted by Gasteiger charge is -2.21. The molecular formula is C92H180O17P2. The number of unbranched alkanes of at least 4 members (excludes halogenated alkanes) is 61. The Hall–Kier alpha value is -1.94. The van der Waals surface area contributed by atoms with Crippen molar-refractivity contribution in [3.05, 3.63) is 0 Å². The first kappa shape index (κ1) is 109. The fourth-order valence-corrected chi connectivity index (χ4v) is 16.1. The van der Waals surface area contributed by atoms with E-state index in [1.807, 2.05) is 0 Å². The summed E-state index contributed by atoms with van der Waals surface area (Å²) in [5.41, 5.74) is 0. The number of ether oxygens (including phenoxy) is 4. The van der Waals surface area contributed by atoms with Crippen molar-refractivity contribution in [2.24, 2.45) is 11.8 Å². The minimum atomic E-state index is -4.97. The molecule has 0 heterocycles. The van der Waals surface area contributed by atoms with E-state index in [4.69, 9.17) is 37.0 Å². The van der Waals surface area contributed by atoms with E-state index in [9.17, 15) is 43.2 Å². The zero-order valence-corrected chi connectivity index (χ0v) is 75.1. The highest BCUT2D eigenvalue weighted by Gasteiger charge is 2.31. The molecule has 0 saturated heterocycles. The minimum absolute atomic E-state index is 0.108. The largest absolute Gasteiger partial charge is 0.472 e. The normalized spacial score (nSPS) is 13.7. The summed E-state index contributed by atoms with van der Waals surface area (Å²) in [5.74, 6) is -0.477. The first-order valence-electron chi connectivity index (χ1n) is 47.5. The number of carbonyl (C=O) groups is 4. The van der Waals surface area contributed by atoms with E-state index < -0.39 is 97.5 Å². The summed E-state index contributed by atoms with van der Waals surface area (Å²) in [5, 5.41) is 10.7. The van der Waals surface area contributed by atoms with Gasteiger partial charge in [0.2, 0.25) is 0 Å². The van der Waals surface area contributed by atoms with Gasteiger partial charge >= 0.3 is 39.5 Å². The Morgan fingerprint density at radius 2 is 0.414 bits per heavy atom. The molecule has 0 aliphatic carbocycles. The lowest BCUT2D eigenvalue weighted by Crippen LogP contribution is -2.30. The van der Waals surface area contributed by atoms with Crippen molar-refractivity contribution in [1.29, 1.82) is 0 Å². The lowest BCUT2D eigenvalue weighted by molar-refractivity contribution is -0.161. The molecular weight excluding hydrogens is 1440 g/mol. The summed E-state index contributed by atoms with van der Waals surface area (Å²) in [6, 6.07) is 0. The Labute approximate surface area is 683 Å². The van der Waals surface area contributed by atoms with E-state index in [0.717, 1.165) is 102 Å². The van der Waals surface area contributed by atoms with Gasteiger partial charge < -0.3 is 33.8 Å². The first-order chi connectivity index (χ1) is 53.9. The maximum atomic E-state index is 13.2. The van der Waals surface area contributed by atoms with E-state index in [2.05, 4.69) is 41.5 Å². The molecule has 0 aliphatic heterocycles. The Bertz CT molecular complexity index is 2120. The number of carbonyl (C=O) groups excluding carboxylic acids is 4. The number of aliphatic hydroxyl groups is 1. The van der Waals surface area contributed by atoms with Crippen LogP contribution in [0.2, 0.25) is 0 Å². The van der Waals surface area contributed by atoms with Gasteiger partial charge in [-0.15, -0.1) is 0 Å². The summed E-state index contributed by atoms with van der Waals surface area (Å²) >= 11 is 0. The molecule has 0 aromatic rings. The van der Waals surface area contributed by atoms with E-state index in [0.29, 0.717) is 25.7 Å². The smallest absolute Gasteiger partial charge is 0.462 e. The summed E-state index contributed by atoms with van der Waals surface area (Å²) in [6.45, 7) is 9.77. The quantitative estimate of drug-likeness (QED) is 0.0222. The van der Waals surface area contributed by atoms with Gasteiger partial charge in [-0.1, -0.05) is 446 Å². The molecule has 0 spiro atoms. The molecule has 5 atom stereocenters. The topological polar surface area (TPSA) is 237 Å². The number of hydrogen-bond acceptors (Lipinski definition) is 15. The van der Waals surface area contributed by atoms with Gasteiger partial charge in [0, 0.05) is 25.7 Å². The summed E-state index contributed by atoms with van der Waals surface area (Å²) in [7, 11) is -9.94. The van der Waals surface area contributed by atoms with Crippen LogP contribution in [0.3, 0.4) is 0 Å². The van der Waals surface area contributed by atoms with E-state index in [1.165, 1.54) is 315 Å². The maximum absolute atomic E-state index is 13.2.